The van der Waals surface area contributed by atoms with E-state index in [0.717, 1.165) is 58.9 Å². The minimum atomic E-state index is -0.487. The standard InChI is InChI=1S/C27H46N4O4/c1-26(2,3)34-24(32)21-29-14-12-28-13-15-30(22-25(33)35-27(4,5)6)17-19-31(18-16-29)20-23-10-8-7-9-11-23/h7-11,28H,12-22H2,1-6H3. The minimum Gasteiger partial charge on any atom is -0.459 e. The second-order valence-electron chi connectivity index (χ2n) is 11.2. The fourth-order valence-corrected chi connectivity index (χ4v) is 3.93. The van der Waals surface area contributed by atoms with Gasteiger partial charge in [0.2, 0.25) is 0 Å². The van der Waals surface area contributed by atoms with E-state index in [1.54, 1.807) is 0 Å². The largest absolute Gasteiger partial charge is 0.459 e. The van der Waals surface area contributed by atoms with Gasteiger partial charge in [0.05, 0.1) is 13.1 Å². The van der Waals surface area contributed by atoms with Crippen molar-refractivity contribution in [1.82, 2.24) is 20.0 Å². The molecule has 0 radical (unpaired) electrons. The number of hydrogen-bond donors (Lipinski definition) is 1. The van der Waals surface area contributed by atoms with E-state index in [2.05, 4.69) is 44.3 Å². The number of benzene rings is 1. The summed E-state index contributed by atoms with van der Waals surface area (Å²) in [6.07, 6.45) is 0. The Balaban J connectivity index is 2.05. The molecule has 0 bridgehead atoms. The van der Waals surface area contributed by atoms with Crippen molar-refractivity contribution in [2.75, 3.05) is 65.4 Å². The van der Waals surface area contributed by atoms with Gasteiger partial charge >= 0.3 is 11.9 Å². The summed E-state index contributed by atoms with van der Waals surface area (Å²) in [5.74, 6) is -0.384. The molecular formula is C27H46N4O4. The molecule has 2 rings (SSSR count). The van der Waals surface area contributed by atoms with Gasteiger partial charge in [-0.05, 0) is 47.1 Å². The third-order valence-electron chi connectivity index (χ3n) is 5.47. The maximum Gasteiger partial charge on any atom is 0.320 e. The van der Waals surface area contributed by atoms with Gasteiger partial charge in [-0.15, -0.1) is 0 Å². The van der Waals surface area contributed by atoms with Gasteiger partial charge in [-0.2, -0.15) is 0 Å². The maximum absolute atomic E-state index is 12.5. The first-order valence-electron chi connectivity index (χ1n) is 12.7. The smallest absolute Gasteiger partial charge is 0.320 e. The summed E-state index contributed by atoms with van der Waals surface area (Å²) in [6, 6.07) is 10.4. The Hall–Kier alpha value is -2.00. The van der Waals surface area contributed by atoms with E-state index in [0.29, 0.717) is 0 Å². The Morgan fingerprint density at radius 1 is 0.714 bits per heavy atom. The van der Waals surface area contributed by atoms with Gasteiger partial charge in [-0.1, -0.05) is 30.3 Å². The predicted molar refractivity (Wildman–Crippen MR) is 139 cm³/mol. The van der Waals surface area contributed by atoms with E-state index in [1.165, 1.54) is 5.56 Å². The average Bonchev–Trinajstić information content (AvgIpc) is 2.71. The summed E-state index contributed by atoms with van der Waals surface area (Å²) in [6.45, 7) is 19.0. The van der Waals surface area contributed by atoms with Crippen LogP contribution < -0.4 is 5.32 Å². The lowest BCUT2D eigenvalue weighted by atomic mass is 10.2. The molecule has 35 heavy (non-hydrogen) atoms. The fraction of sp³-hybridized carbons (Fsp3) is 0.704. The highest BCUT2D eigenvalue weighted by Crippen LogP contribution is 2.10. The molecule has 1 aliphatic heterocycles. The molecule has 0 atom stereocenters. The molecule has 0 amide bonds. The zero-order chi connectivity index (χ0) is 25.9. The minimum absolute atomic E-state index is 0.192. The van der Waals surface area contributed by atoms with Gasteiger partial charge in [-0.25, -0.2) is 0 Å². The number of hydrogen-bond acceptors (Lipinski definition) is 8. The van der Waals surface area contributed by atoms with Crippen molar-refractivity contribution in [3.63, 3.8) is 0 Å². The molecule has 1 N–H and O–H groups in total. The Labute approximate surface area is 211 Å². The second-order valence-corrected chi connectivity index (χ2v) is 11.2. The van der Waals surface area contributed by atoms with E-state index in [1.807, 2.05) is 47.6 Å². The molecule has 0 spiro atoms. The Kier molecular flexibility index (Phi) is 11.6. The number of rotatable bonds is 6. The molecule has 8 heteroatoms. The number of carbonyl (C=O) groups is 2. The highest BCUT2D eigenvalue weighted by Gasteiger charge is 2.22. The summed E-state index contributed by atoms with van der Waals surface area (Å²) in [7, 11) is 0. The lowest BCUT2D eigenvalue weighted by molar-refractivity contribution is -0.157. The van der Waals surface area contributed by atoms with Gasteiger partial charge in [0.25, 0.3) is 0 Å². The molecule has 0 saturated carbocycles. The van der Waals surface area contributed by atoms with Gasteiger partial charge in [-0.3, -0.25) is 24.3 Å². The summed E-state index contributed by atoms with van der Waals surface area (Å²) in [5, 5.41) is 3.46. The Morgan fingerprint density at radius 3 is 1.57 bits per heavy atom. The number of esters is 2. The van der Waals surface area contributed by atoms with Crippen molar-refractivity contribution in [2.24, 2.45) is 0 Å². The van der Waals surface area contributed by atoms with Crippen molar-refractivity contribution in [2.45, 2.75) is 59.3 Å². The predicted octanol–water partition coefficient (Wildman–Crippen LogP) is 2.38. The molecule has 1 aromatic rings. The van der Waals surface area contributed by atoms with Crippen molar-refractivity contribution >= 4 is 11.9 Å². The highest BCUT2D eigenvalue weighted by molar-refractivity contribution is 5.72. The van der Waals surface area contributed by atoms with Gasteiger partial charge in [0, 0.05) is 58.9 Å². The first kappa shape index (κ1) is 29.2. The molecule has 1 fully saturated rings. The van der Waals surface area contributed by atoms with E-state index in [4.69, 9.17) is 9.47 Å². The number of ether oxygens (including phenoxy) is 2. The Morgan fingerprint density at radius 2 is 1.14 bits per heavy atom. The van der Waals surface area contributed by atoms with E-state index in [9.17, 15) is 9.59 Å². The summed E-state index contributed by atoms with van der Waals surface area (Å²) in [5.41, 5.74) is 0.274. The van der Waals surface area contributed by atoms with Crippen LogP contribution in [0.1, 0.15) is 47.1 Å². The van der Waals surface area contributed by atoms with Gasteiger partial charge < -0.3 is 14.8 Å². The van der Waals surface area contributed by atoms with E-state index < -0.39 is 11.2 Å². The highest BCUT2D eigenvalue weighted by atomic mass is 16.6. The van der Waals surface area contributed by atoms with Crippen LogP contribution in [-0.4, -0.2) is 103 Å². The van der Waals surface area contributed by atoms with Crippen LogP contribution in [0.25, 0.3) is 0 Å². The number of nitrogens with zero attached hydrogens (tertiary/aromatic N) is 3. The molecule has 8 nitrogen and oxygen atoms in total. The molecule has 0 aliphatic carbocycles. The van der Waals surface area contributed by atoms with Crippen molar-refractivity contribution in [3.8, 4) is 0 Å². The first-order valence-corrected chi connectivity index (χ1v) is 12.7. The number of carbonyl (C=O) groups excluding carboxylic acids is 2. The van der Waals surface area contributed by atoms with Gasteiger partial charge in [0.15, 0.2) is 0 Å². The van der Waals surface area contributed by atoms with Crippen LogP contribution in [0.4, 0.5) is 0 Å². The lowest BCUT2D eigenvalue weighted by Crippen LogP contribution is -2.47. The van der Waals surface area contributed by atoms with E-state index in [-0.39, 0.29) is 25.0 Å². The second kappa shape index (κ2) is 13.9. The van der Waals surface area contributed by atoms with E-state index >= 15 is 0 Å². The van der Waals surface area contributed by atoms with Crippen LogP contribution in [0.15, 0.2) is 30.3 Å². The van der Waals surface area contributed by atoms with Gasteiger partial charge in [0.1, 0.15) is 11.2 Å². The van der Waals surface area contributed by atoms with Crippen LogP contribution >= 0.6 is 0 Å². The van der Waals surface area contributed by atoms with Crippen LogP contribution in [0.5, 0.6) is 0 Å². The SMILES string of the molecule is CC(C)(C)OC(=O)CN1CCNCCN(CC(=O)OC(C)(C)C)CCN(Cc2ccccc2)CC1. The van der Waals surface area contributed by atoms with Crippen LogP contribution in [0.3, 0.4) is 0 Å². The molecule has 1 aliphatic rings. The fourth-order valence-electron chi connectivity index (χ4n) is 3.93. The zero-order valence-electron chi connectivity index (χ0n) is 22.6. The monoisotopic (exact) mass is 490 g/mol. The molecule has 1 heterocycles. The quantitative estimate of drug-likeness (QED) is 0.610. The first-order chi connectivity index (χ1) is 16.4. The van der Waals surface area contributed by atoms with Crippen molar-refractivity contribution in [1.29, 1.82) is 0 Å². The molecule has 198 valence electrons. The number of nitrogens with one attached hydrogen (secondary N) is 1. The molecule has 0 unspecified atom stereocenters. The summed E-state index contributed by atoms with van der Waals surface area (Å²) in [4.78, 5) is 31.7. The molecule has 1 saturated heterocycles. The topological polar surface area (TPSA) is 74.3 Å². The summed E-state index contributed by atoms with van der Waals surface area (Å²) >= 11 is 0. The zero-order valence-corrected chi connectivity index (χ0v) is 22.6. The lowest BCUT2D eigenvalue weighted by Gasteiger charge is -2.32. The summed E-state index contributed by atoms with van der Waals surface area (Å²) < 4.78 is 11.1. The van der Waals surface area contributed by atoms with Crippen molar-refractivity contribution < 1.29 is 19.1 Å². The van der Waals surface area contributed by atoms with Crippen LogP contribution in [0, 0.1) is 0 Å². The normalized spacial score (nSPS) is 18.3. The Bertz CT molecular complexity index is 730. The average molecular weight is 491 g/mol. The van der Waals surface area contributed by atoms with Crippen molar-refractivity contribution in [3.05, 3.63) is 35.9 Å². The van der Waals surface area contributed by atoms with Crippen LogP contribution in [0.2, 0.25) is 0 Å². The van der Waals surface area contributed by atoms with Crippen LogP contribution in [-0.2, 0) is 25.6 Å². The molecule has 0 aromatic heterocycles. The molecular weight excluding hydrogens is 444 g/mol. The maximum atomic E-state index is 12.5. The molecule has 1 aromatic carbocycles. The third-order valence-corrected chi connectivity index (χ3v) is 5.47. The third kappa shape index (κ3) is 13.6.